The molecule has 0 aliphatic carbocycles. The summed E-state index contributed by atoms with van der Waals surface area (Å²) in [5.74, 6) is -1.78. The molecule has 7 heteroatoms. The fraction of sp³-hybridized carbons (Fsp3) is 0.385. The Morgan fingerprint density at radius 3 is 2.30 bits per heavy atom. The number of Topliss-reactive ketones (excluding diaryl/α,β-unsaturated/α-hetero) is 1. The largest absolute Gasteiger partial charge is 0.496 e. The Labute approximate surface area is 117 Å². The molecular formula is C13H16O6S. The zero-order valence-electron chi connectivity index (χ0n) is 11.7. The van der Waals surface area contributed by atoms with Gasteiger partial charge in [0.2, 0.25) is 0 Å². The predicted molar refractivity (Wildman–Crippen MR) is 71.8 cm³/mol. The van der Waals surface area contributed by atoms with Crippen molar-refractivity contribution in [3.63, 3.8) is 0 Å². The van der Waals surface area contributed by atoms with Gasteiger partial charge in [-0.3, -0.25) is 4.79 Å². The van der Waals surface area contributed by atoms with Gasteiger partial charge < -0.3 is 9.47 Å². The molecule has 0 atom stereocenters. The number of carbonyl (C=O) groups is 2. The maximum Gasteiger partial charge on any atom is 0.379 e. The molecule has 0 unspecified atom stereocenters. The third-order valence-corrected chi connectivity index (χ3v) is 3.74. The van der Waals surface area contributed by atoms with Gasteiger partial charge in [-0.1, -0.05) is 0 Å². The van der Waals surface area contributed by atoms with E-state index < -0.39 is 21.6 Å². The molecule has 1 rings (SSSR count). The zero-order valence-corrected chi connectivity index (χ0v) is 12.5. The van der Waals surface area contributed by atoms with Crippen LogP contribution in [0, 0.1) is 6.92 Å². The zero-order chi connectivity index (χ0) is 15.5. The van der Waals surface area contributed by atoms with Crippen molar-refractivity contribution >= 4 is 21.6 Å². The molecule has 0 saturated heterocycles. The topological polar surface area (TPSA) is 86.7 Å². The maximum atomic E-state index is 12.0. The number of ether oxygens (including phenoxy) is 2. The summed E-state index contributed by atoms with van der Waals surface area (Å²) < 4.78 is 33.1. The Morgan fingerprint density at radius 2 is 1.85 bits per heavy atom. The molecule has 0 saturated carbocycles. The minimum Gasteiger partial charge on any atom is -0.496 e. The van der Waals surface area contributed by atoms with E-state index in [1.807, 2.05) is 0 Å². The number of carbonyl (C=O) groups excluding carboxylic acids is 2. The number of ketones is 1. The Kier molecular flexibility index (Phi) is 4.88. The second kappa shape index (κ2) is 6.04. The molecule has 0 radical (unpaired) electrons. The first-order chi connectivity index (χ1) is 9.22. The molecule has 1 aromatic rings. The second-order valence-electron chi connectivity index (χ2n) is 4.14. The van der Waals surface area contributed by atoms with Crippen LogP contribution in [-0.4, -0.2) is 40.1 Å². The van der Waals surface area contributed by atoms with Crippen molar-refractivity contribution in [2.45, 2.75) is 18.7 Å². The van der Waals surface area contributed by atoms with Gasteiger partial charge >= 0.3 is 5.97 Å². The number of sulfone groups is 1. The molecule has 0 amide bonds. The normalized spacial score (nSPS) is 11.0. The van der Waals surface area contributed by atoms with E-state index in [9.17, 15) is 18.0 Å². The number of hydrogen-bond donors (Lipinski definition) is 0. The number of methoxy groups -OCH3 is 1. The molecule has 0 aliphatic rings. The summed E-state index contributed by atoms with van der Waals surface area (Å²) in [4.78, 5) is 23.3. The van der Waals surface area contributed by atoms with Gasteiger partial charge in [0.15, 0.2) is 9.84 Å². The van der Waals surface area contributed by atoms with E-state index in [0.29, 0.717) is 11.3 Å². The highest BCUT2D eigenvalue weighted by atomic mass is 32.2. The van der Waals surface area contributed by atoms with Crippen molar-refractivity contribution in [1.29, 1.82) is 0 Å². The summed E-state index contributed by atoms with van der Waals surface area (Å²) in [6.07, 6.45) is 0.968. The highest BCUT2D eigenvalue weighted by molar-refractivity contribution is 7.90. The average molecular weight is 300 g/mol. The molecule has 6 nitrogen and oxygen atoms in total. The standard InChI is InChI=1S/C13H16O6S/c1-5-19-13(15)12(14)9-7-10(18-3)8(2)6-11(9)20(4,16)17/h6-7H,5H2,1-4H3. The lowest BCUT2D eigenvalue weighted by atomic mass is 10.1. The lowest BCUT2D eigenvalue weighted by molar-refractivity contribution is -0.137. The van der Waals surface area contributed by atoms with Crippen LogP contribution < -0.4 is 4.74 Å². The van der Waals surface area contributed by atoms with E-state index in [-0.39, 0.29) is 17.1 Å². The summed E-state index contributed by atoms with van der Waals surface area (Å²) >= 11 is 0. The molecule has 0 heterocycles. The number of esters is 1. The van der Waals surface area contributed by atoms with Gasteiger partial charge in [0, 0.05) is 6.26 Å². The van der Waals surface area contributed by atoms with Gasteiger partial charge in [0.05, 0.1) is 24.2 Å². The van der Waals surface area contributed by atoms with Crippen LogP contribution >= 0.6 is 0 Å². The first-order valence-corrected chi connectivity index (χ1v) is 7.71. The second-order valence-corrected chi connectivity index (χ2v) is 6.12. The van der Waals surface area contributed by atoms with Crippen molar-refractivity contribution < 1.29 is 27.5 Å². The van der Waals surface area contributed by atoms with Crippen LogP contribution in [0.15, 0.2) is 17.0 Å². The van der Waals surface area contributed by atoms with Crippen LogP contribution in [0.5, 0.6) is 5.75 Å². The third kappa shape index (κ3) is 3.36. The maximum absolute atomic E-state index is 12.0. The van der Waals surface area contributed by atoms with E-state index in [1.165, 1.54) is 19.2 Å². The molecule has 0 N–H and O–H groups in total. The smallest absolute Gasteiger partial charge is 0.379 e. The predicted octanol–water partition coefficient (Wildman–Crippen LogP) is 1.15. The van der Waals surface area contributed by atoms with E-state index in [4.69, 9.17) is 4.74 Å². The third-order valence-electron chi connectivity index (χ3n) is 2.60. The fourth-order valence-corrected chi connectivity index (χ4v) is 2.61. The van der Waals surface area contributed by atoms with E-state index in [1.54, 1.807) is 13.8 Å². The number of aryl methyl sites for hydroxylation is 1. The minimum atomic E-state index is -3.66. The summed E-state index contributed by atoms with van der Waals surface area (Å²) in [7, 11) is -2.27. The highest BCUT2D eigenvalue weighted by Crippen LogP contribution is 2.26. The summed E-state index contributed by atoms with van der Waals surface area (Å²) in [5.41, 5.74) is 0.307. The number of hydrogen-bond acceptors (Lipinski definition) is 6. The van der Waals surface area contributed by atoms with E-state index >= 15 is 0 Å². The van der Waals surface area contributed by atoms with E-state index in [2.05, 4.69) is 4.74 Å². The molecule has 20 heavy (non-hydrogen) atoms. The first-order valence-electron chi connectivity index (χ1n) is 5.82. The minimum absolute atomic E-state index is 0.0295. The lowest BCUT2D eigenvalue weighted by Crippen LogP contribution is -2.20. The first kappa shape index (κ1) is 16.2. The summed E-state index contributed by atoms with van der Waals surface area (Å²) in [6.45, 7) is 3.23. The highest BCUT2D eigenvalue weighted by Gasteiger charge is 2.26. The van der Waals surface area contributed by atoms with Gasteiger partial charge in [0.25, 0.3) is 5.78 Å². The van der Waals surface area contributed by atoms with Crippen molar-refractivity contribution in [2.24, 2.45) is 0 Å². The van der Waals surface area contributed by atoms with Crippen LogP contribution in [0.4, 0.5) is 0 Å². The molecule has 110 valence electrons. The van der Waals surface area contributed by atoms with Crippen molar-refractivity contribution in [1.82, 2.24) is 0 Å². The molecule has 0 fully saturated rings. The molecule has 0 bridgehead atoms. The van der Waals surface area contributed by atoms with Gasteiger partial charge in [-0.25, -0.2) is 13.2 Å². The van der Waals surface area contributed by atoms with Crippen LogP contribution in [0.3, 0.4) is 0 Å². The quantitative estimate of drug-likeness (QED) is 0.460. The molecule has 1 aromatic carbocycles. The van der Waals surface area contributed by atoms with Gasteiger partial charge in [-0.2, -0.15) is 0 Å². The van der Waals surface area contributed by atoms with Crippen LogP contribution in [0.1, 0.15) is 22.8 Å². The van der Waals surface area contributed by atoms with Gasteiger partial charge in [-0.05, 0) is 31.5 Å². The van der Waals surface area contributed by atoms with Gasteiger partial charge in [-0.15, -0.1) is 0 Å². The van der Waals surface area contributed by atoms with Crippen molar-refractivity contribution in [2.75, 3.05) is 20.0 Å². The molecular weight excluding hydrogens is 284 g/mol. The average Bonchev–Trinajstić information content (AvgIpc) is 2.36. The van der Waals surface area contributed by atoms with Crippen LogP contribution in [-0.2, 0) is 19.4 Å². The number of benzene rings is 1. The Bertz CT molecular complexity index is 645. The van der Waals surface area contributed by atoms with Gasteiger partial charge in [0.1, 0.15) is 5.75 Å². The summed E-state index contributed by atoms with van der Waals surface area (Å²) in [6, 6.07) is 2.55. The monoisotopic (exact) mass is 300 g/mol. The summed E-state index contributed by atoms with van der Waals surface area (Å²) in [5, 5.41) is 0. The Balaban J connectivity index is 3.50. The molecule has 0 aromatic heterocycles. The Morgan fingerprint density at radius 1 is 1.25 bits per heavy atom. The van der Waals surface area contributed by atoms with E-state index in [0.717, 1.165) is 6.26 Å². The molecule has 0 spiro atoms. The fourth-order valence-electron chi connectivity index (χ4n) is 1.67. The molecule has 0 aliphatic heterocycles. The Hall–Kier alpha value is -1.89. The van der Waals surface area contributed by atoms with Crippen LogP contribution in [0.25, 0.3) is 0 Å². The number of rotatable bonds is 5. The SMILES string of the molecule is CCOC(=O)C(=O)c1cc(OC)c(C)cc1S(C)(=O)=O. The van der Waals surface area contributed by atoms with Crippen molar-refractivity contribution in [3.05, 3.63) is 23.3 Å². The van der Waals surface area contributed by atoms with Crippen molar-refractivity contribution in [3.8, 4) is 5.75 Å². The lowest BCUT2D eigenvalue weighted by Gasteiger charge is -2.11. The van der Waals surface area contributed by atoms with Crippen LogP contribution in [0.2, 0.25) is 0 Å².